The number of fused-ring (bicyclic) bond motifs is 1. The van der Waals surface area contributed by atoms with Crippen molar-refractivity contribution in [2.45, 2.75) is 19.9 Å². The van der Waals surface area contributed by atoms with E-state index in [0.29, 0.717) is 17.3 Å². The summed E-state index contributed by atoms with van der Waals surface area (Å²) in [4.78, 5) is 12.6. The Balaban J connectivity index is 2.06. The van der Waals surface area contributed by atoms with Crippen molar-refractivity contribution in [1.29, 1.82) is 0 Å². The van der Waals surface area contributed by atoms with Crippen molar-refractivity contribution in [2.24, 2.45) is 0 Å². The topological polar surface area (TPSA) is 31.2 Å². The van der Waals surface area contributed by atoms with Crippen molar-refractivity contribution < 1.29 is 4.74 Å². The lowest BCUT2D eigenvalue weighted by Crippen LogP contribution is -2.23. The van der Waals surface area contributed by atoms with Crippen LogP contribution in [-0.2, 0) is 13.0 Å². The predicted octanol–water partition coefficient (Wildman–Crippen LogP) is 4.98. The molecule has 2 aromatic carbocycles. The van der Waals surface area contributed by atoms with E-state index in [1.165, 1.54) is 0 Å². The molecule has 0 aliphatic rings. The molecule has 0 N–H and O–H groups in total. The van der Waals surface area contributed by atoms with Crippen LogP contribution in [0.2, 0.25) is 5.02 Å². The SMILES string of the molecule is COc1cc2c(cc1Br)cc(C)c(=O)n2CCc1ccc(Cl)cc1. The van der Waals surface area contributed by atoms with Crippen molar-refractivity contribution >= 4 is 38.4 Å². The van der Waals surface area contributed by atoms with Crippen molar-refractivity contribution in [1.82, 2.24) is 4.57 Å². The summed E-state index contributed by atoms with van der Waals surface area (Å²) in [5.41, 5.74) is 2.78. The lowest BCUT2D eigenvalue weighted by atomic mass is 10.1. The van der Waals surface area contributed by atoms with E-state index in [9.17, 15) is 4.79 Å². The lowest BCUT2D eigenvalue weighted by molar-refractivity contribution is 0.412. The zero-order valence-corrected chi connectivity index (χ0v) is 15.8. The third kappa shape index (κ3) is 3.35. The molecular weight excluding hydrogens is 390 g/mol. The first kappa shape index (κ1) is 17.1. The first-order chi connectivity index (χ1) is 11.5. The fourth-order valence-corrected chi connectivity index (χ4v) is 3.44. The molecule has 0 unspecified atom stereocenters. The highest BCUT2D eigenvalue weighted by atomic mass is 79.9. The molecule has 0 atom stereocenters. The van der Waals surface area contributed by atoms with Crippen LogP contribution < -0.4 is 10.3 Å². The zero-order valence-electron chi connectivity index (χ0n) is 13.5. The summed E-state index contributed by atoms with van der Waals surface area (Å²) in [5, 5.41) is 1.72. The van der Waals surface area contributed by atoms with Gasteiger partial charge in [0.05, 0.1) is 17.1 Å². The highest BCUT2D eigenvalue weighted by Crippen LogP contribution is 2.30. The van der Waals surface area contributed by atoms with Gasteiger partial charge in [-0.15, -0.1) is 0 Å². The minimum Gasteiger partial charge on any atom is -0.495 e. The number of hydrogen-bond donors (Lipinski definition) is 0. The average Bonchev–Trinajstić information content (AvgIpc) is 2.57. The van der Waals surface area contributed by atoms with Gasteiger partial charge in [-0.05, 0) is 59.1 Å². The van der Waals surface area contributed by atoms with E-state index in [2.05, 4.69) is 15.9 Å². The Morgan fingerprint density at radius 3 is 2.54 bits per heavy atom. The predicted molar refractivity (Wildman–Crippen MR) is 102 cm³/mol. The largest absolute Gasteiger partial charge is 0.495 e. The van der Waals surface area contributed by atoms with Crippen molar-refractivity contribution in [3.05, 3.63) is 73.4 Å². The molecule has 0 amide bonds. The van der Waals surface area contributed by atoms with Crippen LogP contribution >= 0.6 is 27.5 Å². The number of ether oxygens (including phenoxy) is 1. The van der Waals surface area contributed by atoms with E-state index in [4.69, 9.17) is 16.3 Å². The molecule has 0 aliphatic heterocycles. The van der Waals surface area contributed by atoms with Crippen LogP contribution in [0.5, 0.6) is 5.75 Å². The Morgan fingerprint density at radius 1 is 1.17 bits per heavy atom. The van der Waals surface area contributed by atoms with E-state index in [1.807, 2.05) is 54.0 Å². The fraction of sp³-hybridized carbons (Fsp3) is 0.211. The van der Waals surface area contributed by atoms with Gasteiger partial charge < -0.3 is 9.30 Å². The van der Waals surface area contributed by atoms with Gasteiger partial charge in [0, 0.05) is 28.6 Å². The summed E-state index contributed by atoms with van der Waals surface area (Å²) in [6.45, 7) is 2.45. The third-order valence-corrected chi connectivity index (χ3v) is 4.96. The third-order valence-electron chi connectivity index (χ3n) is 4.08. The molecule has 3 nitrogen and oxygen atoms in total. The molecule has 5 heteroatoms. The highest BCUT2D eigenvalue weighted by Gasteiger charge is 2.10. The number of rotatable bonds is 4. The number of methoxy groups -OCH3 is 1. The second-order valence-corrected chi connectivity index (χ2v) is 7.00. The van der Waals surface area contributed by atoms with Crippen LogP contribution in [0, 0.1) is 6.92 Å². The summed E-state index contributed by atoms with van der Waals surface area (Å²) in [6.07, 6.45) is 0.758. The van der Waals surface area contributed by atoms with Gasteiger partial charge in [-0.1, -0.05) is 23.7 Å². The molecule has 3 rings (SSSR count). The number of halogens is 2. The molecule has 0 saturated carbocycles. The molecule has 0 radical (unpaired) electrons. The van der Waals surface area contributed by atoms with E-state index in [1.54, 1.807) is 7.11 Å². The van der Waals surface area contributed by atoms with Crippen molar-refractivity contribution in [2.75, 3.05) is 7.11 Å². The Hall–Kier alpha value is -1.78. The molecular formula is C19H17BrClNO2. The Bertz CT molecular complexity index is 948. The highest BCUT2D eigenvalue weighted by molar-refractivity contribution is 9.10. The van der Waals surface area contributed by atoms with Gasteiger partial charge in [-0.3, -0.25) is 4.79 Å². The molecule has 1 heterocycles. The maximum absolute atomic E-state index is 12.6. The second-order valence-electron chi connectivity index (χ2n) is 5.71. The monoisotopic (exact) mass is 405 g/mol. The fourth-order valence-electron chi connectivity index (χ4n) is 2.80. The molecule has 0 spiro atoms. The van der Waals surface area contributed by atoms with Crippen LogP contribution in [-0.4, -0.2) is 11.7 Å². The van der Waals surface area contributed by atoms with Crippen LogP contribution in [0.25, 0.3) is 10.9 Å². The quantitative estimate of drug-likeness (QED) is 0.612. The first-order valence-corrected chi connectivity index (χ1v) is 8.79. The molecule has 0 aliphatic carbocycles. The van der Waals surface area contributed by atoms with E-state index in [-0.39, 0.29) is 5.56 Å². The Kier molecular flexibility index (Phi) is 4.97. The number of pyridine rings is 1. The number of benzene rings is 2. The van der Waals surface area contributed by atoms with Crippen LogP contribution in [0.15, 0.2) is 51.7 Å². The van der Waals surface area contributed by atoms with E-state index in [0.717, 1.165) is 32.9 Å². The summed E-state index contributed by atoms with van der Waals surface area (Å²) in [6, 6.07) is 13.5. The second kappa shape index (κ2) is 6.99. The zero-order chi connectivity index (χ0) is 17.3. The molecule has 0 bridgehead atoms. The molecule has 0 fully saturated rings. The molecule has 0 saturated heterocycles. The van der Waals surface area contributed by atoms with Gasteiger partial charge in [0.2, 0.25) is 0 Å². The molecule has 24 heavy (non-hydrogen) atoms. The average molecular weight is 407 g/mol. The Morgan fingerprint density at radius 2 is 1.88 bits per heavy atom. The van der Waals surface area contributed by atoms with E-state index >= 15 is 0 Å². The standard InChI is InChI=1S/C19H17BrClNO2/c1-12-9-14-10-16(20)18(24-2)11-17(14)22(19(12)23)8-7-13-3-5-15(21)6-4-13/h3-6,9-11H,7-8H2,1-2H3. The molecule has 1 aromatic heterocycles. The minimum absolute atomic E-state index is 0.0286. The van der Waals surface area contributed by atoms with Gasteiger partial charge >= 0.3 is 0 Å². The van der Waals surface area contributed by atoms with Gasteiger partial charge in [-0.25, -0.2) is 0 Å². The summed E-state index contributed by atoms with van der Waals surface area (Å²) in [5.74, 6) is 0.714. The summed E-state index contributed by atoms with van der Waals surface area (Å²) < 4.78 is 8.07. The summed E-state index contributed by atoms with van der Waals surface area (Å²) in [7, 11) is 1.62. The summed E-state index contributed by atoms with van der Waals surface area (Å²) >= 11 is 9.43. The first-order valence-electron chi connectivity index (χ1n) is 7.61. The Labute approximate surface area is 154 Å². The normalized spacial score (nSPS) is 11.0. The number of aryl methyl sites for hydroxylation is 3. The number of nitrogens with zero attached hydrogens (tertiary/aromatic N) is 1. The van der Waals surface area contributed by atoms with Crippen molar-refractivity contribution in [3.63, 3.8) is 0 Å². The maximum atomic E-state index is 12.6. The maximum Gasteiger partial charge on any atom is 0.253 e. The van der Waals surface area contributed by atoms with Gasteiger partial charge in [0.25, 0.3) is 5.56 Å². The molecule has 3 aromatic rings. The van der Waals surface area contributed by atoms with Crippen LogP contribution in [0.4, 0.5) is 0 Å². The smallest absolute Gasteiger partial charge is 0.253 e. The van der Waals surface area contributed by atoms with Gasteiger partial charge in [0.1, 0.15) is 5.75 Å². The minimum atomic E-state index is 0.0286. The molecule has 124 valence electrons. The lowest BCUT2D eigenvalue weighted by Gasteiger charge is -2.14. The van der Waals surface area contributed by atoms with Gasteiger partial charge in [0.15, 0.2) is 0 Å². The van der Waals surface area contributed by atoms with Crippen LogP contribution in [0.3, 0.4) is 0 Å². The van der Waals surface area contributed by atoms with Crippen molar-refractivity contribution in [3.8, 4) is 5.75 Å². The number of aromatic nitrogens is 1. The van der Waals surface area contributed by atoms with Crippen LogP contribution in [0.1, 0.15) is 11.1 Å². The van der Waals surface area contributed by atoms with E-state index < -0.39 is 0 Å². The van der Waals surface area contributed by atoms with Gasteiger partial charge in [-0.2, -0.15) is 0 Å². The number of hydrogen-bond acceptors (Lipinski definition) is 2.